The zero-order valence-electron chi connectivity index (χ0n) is 8.03. The van der Waals surface area contributed by atoms with Crippen molar-refractivity contribution in [2.24, 2.45) is 5.73 Å². The van der Waals surface area contributed by atoms with Crippen LogP contribution in [0, 0.1) is 0 Å². The van der Waals surface area contributed by atoms with Crippen molar-refractivity contribution in [3.05, 3.63) is 0 Å². The zero-order valence-corrected chi connectivity index (χ0v) is 8.03. The van der Waals surface area contributed by atoms with Crippen molar-refractivity contribution >= 4 is 12.1 Å². The second-order valence-corrected chi connectivity index (χ2v) is 3.88. The molecular formula is C8H14N2O3. The van der Waals surface area contributed by atoms with Crippen LogP contribution >= 0.6 is 0 Å². The molecule has 74 valence electrons. The van der Waals surface area contributed by atoms with Gasteiger partial charge in [-0.1, -0.05) is 0 Å². The molecule has 13 heavy (non-hydrogen) atoms. The molecule has 0 aromatic heterocycles. The number of carbonyl (C=O) groups excluding carboxylic acids is 2. The normalized spacial score (nSPS) is 26.8. The number of imide groups is 1. The van der Waals surface area contributed by atoms with Crippen LogP contribution in [0.4, 0.5) is 9.59 Å². The summed E-state index contributed by atoms with van der Waals surface area (Å²) in [5.41, 5.74) is 4.51. The Labute approximate surface area is 76.8 Å². The maximum atomic E-state index is 11.3. The molecule has 1 rings (SSSR count). The molecule has 0 saturated carbocycles. The summed E-state index contributed by atoms with van der Waals surface area (Å²) in [5, 5.41) is 0. The fourth-order valence-corrected chi connectivity index (χ4v) is 1.70. The number of hydrogen-bond donors (Lipinski definition) is 1. The van der Waals surface area contributed by atoms with Gasteiger partial charge >= 0.3 is 12.1 Å². The van der Waals surface area contributed by atoms with E-state index in [2.05, 4.69) is 0 Å². The number of nitrogens with zero attached hydrogens (tertiary/aromatic N) is 1. The number of amides is 3. The highest BCUT2D eigenvalue weighted by Crippen LogP contribution is 2.27. The first-order valence-electron chi connectivity index (χ1n) is 4.15. The third-order valence-corrected chi connectivity index (χ3v) is 2.10. The lowest BCUT2D eigenvalue weighted by Gasteiger charge is -2.41. The van der Waals surface area contributed by atoms with Gasteiger partial charge in [0.05, 0.1) is 5.54 Å². The summed E-state index contributed by atoms with van der Waals surface area (Å²) >= 11 is 0. The Morgan fingerprint density at radius 1 is 1.69 bits per heavy atom. The number of hydrogen-bond acceptors (Lipinski definition) is 3. The monoisotopic (exact) mass is 186 g/mol. The summed E-state index contributed by atoms with van der Waals surface area (Å²) in [4.78, 5) is 23.2. The lowest BCUT2D eigenvalue weighted by molar-refractivity contribution is -0.00418. The van der Waals surface area contributed by atoms with Gasteiger partial charge in [0, 0.05) is 6.42 Å². The Kier molecular flexibility index (Phi) is 2.19. The predicted octanol–water partition coefficient (Wildman–Crippen LogP) is 1.07. The van der Waals surface area contributed by atoms with Gasteiger partial charge in [0.15, 0.2) is 0 Å². The first kappa shape index (κ1) is 9.83. The van der Waals surface area contributed by atoms with Crippen LogP contribution in [0.1, 0.15) is 27.2 Å². The van der Waals surface area contributed by atoms with Crippen LogP contribution < -0.4 is 5.73 Å². The molecule has 1 aliphatic rings. The first-order chi connectivity index (χ1) is 5.84. The molecule has 5 nitrogen and oxygen atoms in total. The van der Waals surface area contributed by atoms with E-state index in [9.17, 15) is 9.59 Å². The molecule has 1 heterocycles. The summed E-state index contributed by atoms with van der Waals surface area (Å²) in [7, 11) is 0. The average Bonchev–Trinajstić information content (AvgIpc) is 1.78. The van der Waals surface area contributed by atoms with E-state index in [1.54, 1.807) is 20.8 Å². The quantitative estimate of drug-likeness (QED) is 0.615. The molecule has 0 spiro atoms. The number of ether oxygens (including phenoxy) is 1. The number of nitrogens with two attached hydrogens (primary N) is 1. The molecule has 0 aliphatic carbocycles. The molecule has 1 saturated heterocycles. The van der Waals surface area contributed by atoms with Crippen molar-refractivity contribution < 1.29 is 14.3 Å². The van der Waals surface area contributed by atoms with Crippen LogP contribution in [-0.4, -0.2) is 28.7 Å². The predicted molar refractivity (Wildman–Crippen MR) is 46.1 cm³/mol. The van der Waals surface area contributed by atoms with Gasteiger partial charge in [-0.2, -0.15) is 0 Å². The number of urea groups is 1. The van der Waals surface area contributed by atoms with Crippen molar-refractivity contribution in [2.45, 2.75) is 38.8 Å². The topological polar surface area (TPSA) is 72.6 Å². The van der Waals surface area contributed by atoms with E-state index in [1.165, 1.54) is 0 Å². The van der Waals surface area contributed by atoms with Gasteiger partial charge in [0.1, 0.15) is 6.10 Å². The number of cyclic esters (lactones) is 1. The third-order valence-electron chi connectivity index (χ3n) is 2.10. The molecule has 0 bridgehead atoms. The van der Waals surface area contributed by atoms with Gasteiger partial charge in [-0.3, -0.25) is 0 Å². The van der Waals surface area contributed by atoms with Gasteiger partial charge in [0.25, 0.3) is 0 Å². The molecule has 3 amide bonds. The lowest BCUT2D eigenvalue weighted by Crippen LogP contribution is -2.58. The Morgan fingerprint density at radius 3 is 2.62 bits per heavy atom. The average molecular weight is 186 g/mol. The molecule has 2 N–H and O–H groups in total. The van der Waals surface area contributed by atoms with Crippen molar-refractivity contribution in [3.63, 3.8) is 0 Å². The summed E-state index contributed by atoms with van der Waals surface area (Å²) in [6, 6.07) is -0.762. The smallest absolute Gasteiger partial charge is 0.418 e. The second-order valence-electron chi connectivity index (χ2n) is 3.88. The summed E-state index contributed by atoms with van der Waals surface area (Å²) in [5.74, 6) is 0. The van der Waals surface area contributed by atoms with Crippen LogP contribution in [-0.2, 0) is 4.74 Å². The summed E-state index contributed by atoms with van der Waals surface area (Å²) in [6.07, 6.45) is -0.226. The van der Waals surface area contributed by atoms with Crippen molar-refractivity contribution in [1.82, 2.24) is 4.90 Å². The highest BCUT2D eigenvalue weighted by Gasteiger charge is 2.42. The molecule has 0 aromatic rings. The Bertz CT molecular complexity index is 250. The van der Waals surface area contributed by atoms with E-state index in [1.807, 2.05) is 0 Å². The Balaban J connectivity index is 2.92. The van der Waals surface area contributed by atoms with Crippen LogP contribution in [0.2, 0.25) is 0 Å². The molecule has 0 radical (unpaired) electrons. The van der Waals surface area contributed by atoms with E-state index in [0.29, 0.717) is 6.42 Å². The van der Waals surface area contributed by atoms with Crippen molar-refractivity contribution in [1.29, 1.82) is 0 Å². The Morgan fingerprint density at radius 2 is 2.23 bits per heavy atom. The number of rotatable bonds is 0. The summed E-state index contributed by atoms with van der Waals surface area (Å²) < 4.78 is 4.88. The fourth-order valence-electron chi connectivity index (χ4n) is 1.70. The molecule has 1 unspecified atom stereocenters. The SMILES string of the molecule is CC1CC(C)(C)N(C(N)=O)C(=O)O1. The van der Waals surface area contributed by atoms with Crippen molar-refractivity contribution in [3.8, 4) is 0 Å². The molecule has 1 aliphatic heterocycles. The minimum absolute atomic E-state index is 0.168. The van der Waals surface area contributed by atoms with E-state index in [-0.39, 0.29) is 6.10 Å². The highest BCUT2D eigenvalue weighted by molar-refractivity contribution is 5.91. The zero-order chi connectivity index (χ0) is 10.2. The van der Waals surface area contributed by atoms with Crippen LogP contribution in [0.15, 0.2) is 0 Å². The Hall–Kier alpha value is -1.26. The summed E-state index contributed by atoms with van der Waals surface area (Å²) in [6.45, 7) is 5.36. The molecule has 5 heteroatoms. The van der Waals surface area contributed by atoms with Gasteiger partial charge in [-0.25, -0.2) is 14.5 Å². The first-order valence-corrected chi connectivity index (χ1v) is 4.15. The molecular weight excluding hydrogens is 172 g/mol. The molecule has 1 atom stereocenters. The minimum atomic E-state index is -0.762. The third kappa shape index (κ3) is 1.74. The van der Waals surface area contributed by atoms with E-state index >= 15 is 0 Å². The molecule has 0 aromatic carbocycles. The van der Waals surface area contributed by atoms with E-state index < -0.39 is 17.7 Å². The maximum absolute atomic E-state index is 11.3. The lowest BCUT2D eigenvalue weighted by atomic mass is 9.94. The van der Waals surface area contributed by atoms with Crippen LogP contribution in [0.3, 0.4) is 0 Å². The standard InChI is InChI=1S/C8H14N2O3/c1-5-4-8(2,3)10(6(9)11)7(12)13-5/h5H,4H2,1-3H3,(H2,9,11). The second kappa shape index (κ2) is 2.90. The van der Waals surface area contributed by atoms with Gasteiger partial charge < -0.3 is 10.5 Å². The maximum Gasteiger partial charge on any atom is 0.418 e. The largest absolute Gasteiger partial charge is 0.446 e. The van der Waals surface area contributed by atoms with Gasteiger partial charge in [0.2, 0.25) is 0 Å². The highest BCUT2D eigenvalue weighted by atomic mass is 16.6. The van der Waals surface area contributed by atoms with Crippen LogP contribution in [0.25, 0.3) is 0 Å². The van der Waals surface area contributed by atoms with E-state index in [0.717, 1.165) is 4.90 Å². The minimum Gasteiger partial charge on any atom is -0.446 e. The van der Waals surface area contributed by atoms with Crippen LogP contribution in [0.5, 0.6) is 0 Å². The number of primary amides is 1. The van der Waals surface area contributed by atoms with Gasteiger partial charge in [-0.15, -0.1) is 0 Å². The van der Waals surface area contributed by atoms with E-state index in [4.69, 9.17) is 10.5 Å². The van der Waals surface area contributed by atoms with Crippen molar-refractivity contribution in [2.75, 3.05) is 0 Å². The van der Waals surface area contributed by atoms with Gasteiger partial charge in [-0.05, 0) is 20.8 Å². The fraction of sp³-hybridized carbons (Fsp3) is 0.750. The molecule has 1 fully saturated rings. The number of carbonyl (C=O) groups is 2.